The molecule has 0 aliphatic carbocycles. The molecule has 0 saturated carbocycles. The van der Waals surface area contributed by atoms with E-state index in [2.05, 4.69) is 4.98 Å². The molecule has 1 amide bonds. The van der Waals surface area contributed by atoms with E-state index in [4.69, 9.17) is 10.00 Å². The van der Waals surface area contributed by atoms with Crippen LogP contribution in [0.5, 0.6) is 5.75 Å². The lowest BCUT2D eigenvalue weighted by Crippen LogP contribution is -2.38. The summed E-state index contributed by atoms with van der Waals surface area (Å²) in [5, 5.41) is 19.4. The summed E-state index contributed by atoms with van der Waals surface area (Å²) in [7, 11) is 1.54. The quantitative estimate of drug-likeness (QED) is 0.579. The predicted molar refractivity (Wildman–Crippen MR) is 73.6 cm³/mol. The van der Waals surface area contributed by atoms with E-state index in [1.165, 1.54) is 17.9 Å². The first-order valence-corrected chi connectivity index (χ1v) is 6.27. The number of aromatic nitrogens is 1. The van der Waals surface area contributed by atoms with Gasteiger partial charge >= 0.3 is 5.82 Å². The van der Waals surface area contributed by atoms with Gasteiger partial charge in [0, 0.05) is 20.5 Å². The second-order valence-electron chi connectivity index (χ2n) is 4.46. The van der Waals surface area contributed by atoms with E-state index in [0.29, 0.717) is 5.69 Å². The first-order valence-electron chi connectivity index (χ1n) is 6.27. The summed E-state index contributed by atoms with van der Waals surface area (Å²) < 4.78 is 5.35. The Labute approximate surface area is 122 Å². The number of likely N-dealkylation sites (N-methyl/N-ethyl adjacent to an activating group) is 1. The number of hydrogen-bond acceptors (Lipinski definition) is 6. The van der Waals surface area contributed by atoms with Gasteiger partial charge in [-0.25, -0.2) is 0 Å². The van der Waals surface area contributed by atoms with Crippen molar-refractivity contribution in [2.75, 3.05) is 13.6 Å². The summed E-state index contributed by atoms with van der Waals surface area (Å²) in [6.45, 7) is 3.40. The van der Waals surface area contributed by atoms with Gasteiger partial charge in [0.05, 0.1) is 12.5 Å². The van der Waals surface area contributed by atoms with Gasteiger partial charge in [-0.3, -0.25) is 4.79 Å². The molecular weight excluding hydrogens is 276 g/mol. The number of amides is 1. The lowest BCUT2D eigenvalue weighted by atomic mass is 10.3. The van der Waals surface area contributed by atoms with Gasteiger partial charge in [-0.2, -0.15) is 5.26 Å². The summed E-state index contributed by atoms with van der Waals surface area (Å²) in [6, 6.07) is 4.92. The summed E-state index contributed by atoms with van der Waals surface area (Å²) in [5.41, 5.74) is 0.485. The number of nitro groups is 1. The van der Waals surface area contributed by atoms with Crippen molar-refractivity contribution < 1.29 is 14.5 Å². The Bertz CT molecular complexity index is 582. The molecule has 0 N–H and O–H groups in total. The van der Waals surface area contributed by atoms with Crippen LogP contribution in [0.15, 0.2) is 12.1 Å². The minimum atomic E-state index is -0.906. The van der Waals surface area contributed by atoms with Crippen LogP contribution in [0, 0.1) is 28.4 Å². The highest BCUT2D eigenvalue weighted by Crippen LogP contribution is 2.25. The SMILES string of the molecule is Cc1ccc(O[C@H](C)C(=O)N(C)CCC#N)c([N+](=O)[O-])n1. The highest BCUT2D eigenvalue weighted by atomic mass is 16.6. The van der Waals surface area contributed by atoms with Gasteiger partial charge in [0.15, 0.2) is 6.10 Å². The van der Waals surface area contributed by atoms with Gasteiger partial charge in [-0.15, -0.1) is 0 Å². The van der Waals surface area contributed by atoms with Gasteiger partial charge in [-0.1, -0.05) is 0 Å². The third-order valence-electron chi connectivity index (χ3n) is 2.74. The van der Waals surface area contributed by atoms with Crippen LogP contribution in [0.1, 0.15) is 19.0 Å². The smallest absolute Gasteiger partial charge is 0.406 e. The Morgan fingerprint density at radius 3 is 2.86 bits per heavy atom. The number of ether oxygens (including phenoxy) is 1. The van der Waals surface area contributed by atoms with E-state index < -0.39 is 16.8 Å². The number of hydrogen-bond donors (Lipinski definition) is 0. The molecule has 0 unspecified atom stereocenters. The molecule has 0 saturated heterocycles. The number of pyridine rings is 1. The molecule has 1 rings (SSSR count). The summed E-state index contributed by atoms with van der Waals surface area (Å²) >= 11 is 0. The van der Waals surface area contributed by atoms with Crippen LogP contribution >= 0.6 is 0 Å². The topological polar surface area (TPSA) is 109 Å². The molecule has 0 bridgehead atoms. The van der Waals surface area contributed by atoms with Crippen molar-refractivity contribution >= 4 is 11.7 Å². The van der Waals surface area contributed by atoms with Gasteiger partial charge in [-0.05, 0) is 29.0 Å². The van der Waals surface area contributed by atoms with Gasteiger partial charge in [0.1, 0.15) is 5.69 Å². The van der Waals surface area contributed by atoms with Crippen molar-refractivity contribution in [1.29, 1.82) is 5.26 Å². The van der Waals surface area contributed by atoms with E-state index >= 15 is 0 Å². The Morgan fingerprint density at radius 2 is 2.29 bits per heavy atom. The number of nitrogens with zero attached hydrogens (tertiary/aromatic N) is 4. The lowest BCUT2D eigenvalue weighted by Gasteiger charge is -2.20. The van der Waals surface area contributed by atoms with E-state index in [0.717, 1.165) is 0 Å². The van der Waals surface area contributed by atoms with Crippen molar-refractivity contribution in [3.63, 3.8) is 0 Å². The summed E-state index contributed by atoms with van der Waals surface area (Å²) in [4.78, 5) is 27.4. The standard InChI is InChI=1S/C13H16N4O4/c1-9-5-6-11(12(15-9)17(19)20)21-10(2)13(18)16(3)8-4-7-14/h5-6,10H,4,8H2,1-3H3/t10-/m1/s1. The van der Waals surface area contributed by atoms with Gasteiger partial charge in [0.2, 0.25) is 5.75 Å². The third-order valence-corrected chi connectivity index (χ3v) is 2.74. The third kappa shape index (κ3) is 4.42. The minimum Gasteiger partial charge on any atom is -0.473 e. The van der Waals surface area contributed by atoms with E-state index in [-0.39, 0.29) is 24.6 Å². The van der Waals surface area contributed by atoms with Crippen LogP contribution in [-0.2, 0) is 4.79 Å². The number of aryl methyl sites for hydroxylation is 1. The van der Waals surface area contributed by atoms with Crippen LogP contribution in [0.25, 0.3) is 0 Å². The fourth-order valence-electron chi connectivity index (χ4n) is 1.63. The number of rotatable bonds is 6. The van der Waals surface area contributed by atoms with Crippen LogP contribution in [0.3, 0.4) is 0 Å². The average Bonchev–Trinajstić information content (AvgIpc) is 2.45. The first kappa shape index (κ1) is 16.4. The number of nitriles is 1. The molecule has 1 atom stereocenters. The molecule has 1 aromatic rings. The molecule has 1 aromatic heterocycles. The average molecular weight is 292 g/mol. The normalized spacial score (nSPS) is 11.3. The molecule has 0 aliphatic heterocycles. The van der Waals surface area contributed by atoms with Crippen molar-refractivity contribution in [3.05, 3.63) is 27.9 Å². The summed E-state index contributed by atoms with van der Waals surface area (Å²) in [6.07, 6.45) is -0.696. The Morgan fingerprint density at radius 1 is 1.62 bits per heavy atom. The monoisotopic (exact) mass is 292 g/mol. The van der Waals surface area contributed by atoms with E-state index in [1.807, 2.05) is 6.07 Å². The second-order valence-corrected chi connectivity index (χ2v) is 4.46. The van der Waals surface area contributed by atoms with Crippen molar-refractivity contribution in [2.45, 2.75) is 26.4 Å². The maximum absolute atomic E-state index is 12.0. The highest BCUT2D eigenvalue weighted by Gasteiger charge is 2.24. The Kier molecular flexibility index (Phi) is 5.60. The number of carbonyl (C=O) groups excluding carboxylic acids is 1. The van der Waals surface area contributed by atoms with Gasteiger partial charge < -0.3 is 19.8 Å². The van der Waals surface area contributed by atoms with Crippen LogP contribution in [-0.4, -0.2) is 40.4 Å². The minimum absolute atomic E-state index is 0.0554. The Balaban J connectivity index is 2.84. The maximum Gasteiger partial charge on any atom is 0.406 e. The van der Waals surface area contributed by atoms with Crippen molar-refractivity contribution in [2.24, 2.45) is 0 Å². The molecule has 112 valence electrons. The molecule has 21 heavy (non-hydrogen) atoms. The van der Waals surface area contributed by atoms with Crippen LogP contribution in [0.2, 0.25) is 0 Å². The molecule has 0 radical (unpaired) electrons. The summed E-state index contributed by atoms with van der Waals surface area (Å²) in [5.74, 6) is -0.838. The molecule has 1 heterocycles. The zero-order valence-electron chi connectivity index (χ0n) is 12.1. The second kappa shape index (κ2) is 7.19. The van der Waals surface area contributed by atoms with Crippen LogP contribution < -0.4 is 4.74 Å². The molecule has 0 aliphatic rings. The van der Waals surface area contributed by atoms with Crippen molar-refractivity contribution in [3.8, 4) is 11.8 Å². The zero-order valence-corrected chi connectivity index (χ0v) is 12.1. The fraction of sp³-hybridized carbons (Fsp3) is 0.462. The molecule has 8 nitrogen and oxygen atoms in total. The lowest BCUT2D eigenvalue weighted by molar-refractivity contribution is -0.390. The maximum atomic E-state index is 12.0. The zero-order chi connectivity index (χ0) is 16.0. The fourth-order valence-corrected chi connectivity index (χ4v) is 1.63. The first-order chi connectivity index (χ1) is 9.86. The highest BCUT2D eigenvalue weighted by molar-refractivity contribution is 5.80. The van der Waals surface area contributed by atoms with Gasteiger partial charge in [0.25, 0.3) is 5.91 Å². The Hall–Kier alpha value is -2.69. The molecule has 8 heteroatoms. The molecular formula is C13H16N4O4. The van der Waals surface area contributed by atoms with E-state index in [9.17, 15) is 14.9 Å². The van der Waals surface area contributed by atoms with E-state index in [1.54, 1.807) is 20.0 Å². The van der Waals surface area contributed by atoms with Crippen LogP contribution in [0.4, 0.5) is 5.82 Å². The largest absolute Gasteiger partial charge is 0.473 e. The predicted octanol–water partition coefficient (Wildman–Crippen LogP) is 1.44. The van der Waals surface area contributed by atoms with Crippen molar-refractivity contribution in [1.82, 2.24) is 9.88 Å². The molecule has 0 aromatic carbocycles. The molecule has 0 fully saturated rings. The number of carbonyl (C=O) groups is 1. The molecule has 0 spiro atoms.